The lowest BCUT2D eigenvalue weighted by Crippen LogP contribution is -2.24. The van der Waals surface area contributed by atoms with Crippen LogP contribution in [-0.2, 0) is 9.59 Å². The number of likely N-dealkylation sites (N-methyl/N-ethyl adjacent to an activating group) is 1. The number of amides is 2. The van der Waals surface area contributed by atoms with Gasteiger partial charge in [0.05, 0.1) is 17.3 Å². The van der Waals surface area contributed by atoms with E-state index in [9.17, 15) is 9.59 Å². The molecule has 2 aromatic carbocycles. The summed E-state index contributed by atoms with van der Waals surface area (Å²) in [6.45, 7) is 2.03. The summed E-state index contributed by atoms with van der Waals surface area (Å²) in [5.74, 6) is 0.292. The molecule has 4 rings (SSSR count). The fourth-order valence-electron chi connectivity index (χ4n) is 3.86. The maximum Gasteiger partial charge on any atom is 0.261 e. The minimum Gasteiger partial charge on any atom is -0.490 e. The molecule has 2 aliphatic rings. The molecule has 2 aromatic rings. The van der Waals surface area contributed by atoms with Gasteiger partial charge in [0.1, 0.15) is 5.75 Å². The summed E-state index contributed by atoms with van der Waals surface area (Å²) < 4.78 is 6.20. The molecule has 30 heavy (non-hydrogen) atoms. The zero-order chi connectivity index (χ0) is 20.4. The Kier molecular flexibility index (Phi) is 6.53. The van der Waals surface area contributed by atoms with Crippen LogP contribution in [0.5, 0.6) is 5.75 Å². The summed E-state index contributed by atoms with van der Waals surface area (Å²) in [6.07, 6.45) is 8.44. The minimum atomic E-state index is -0.281. The quantitative estimate of drug-likeness (QED) is 0.571. The topological polar surface area (TPSA) is 78.1 Å². The number of hydrogen-bond acceptors (Lipinski definition) is 3. The lowest BCUT2D eigenvalue weighted by atomic mass is 10.0. The van der Waals surface area contributed by atoms with E-state index in [0.717, 1.165) is 35.3 Å². The van der Waals surface area contributed by atoms with Crippen LogP contribution in [0.25, 0.3) is 12.2 Å². The Hall–Kier alpha value is -3.18. The zero-order valence-electron chi connectivity index (χ0n) is 17.4. The second kappa shape index (κ2) is 9.09. The maximum absolute atomic E-state index is 12.7. The van der Waals surface area contributed by atoms with Gasteiger partial charge in [-0.15, -0.1) is 0 Å². The molecule has 156 valence electrons. The van der Waals surface area contributed by atoms with Crippen LogP contribution in [0.1, 0.15) is 42.4 Å². The van der Waals surface area contributed by atoms with E-state index < -0.39 is 0 Å². The van der Waals surface area contributed by atoms with Gasteiger partial charge in [0.2, 0.25) is 0 Å². The molecule has 0 aromatic heterocycles. The van der Waals surface area contributed by atoms with Crippen molar-refractivity contribution in [2.75, 3.05) is 7.05 Å². The fourth-order valence-corrected chi connectivity index (χ4v) is 3.86. The molecule has 1 aliphatic heterocycles. The number of likely N-dealkylation sites (tertiary alicyclic amines) is 1. The van der Waals surface area contributed by atoms with Gasteiger partial charge >= 0.3 is 0 Å². The smallest absolute Gasteiger partial charge is 0.261 e. The third kappa shape index (κ3) is 4.36. The average molecular weight is 405 g/mol. The van der Waals surface area contributed by atoms with Crippen molar-refractivity contribution >= 4 is 24.0 Å². The third-order valence-corrected chi connectivity index (χ3v) is 5.59. The number of ether oxygens (including phenoxy) is 1. The molecule has 1 saturated heterocycles. The van der Waals surface area contributed by atoms with Crippen molar-refractivity contribution in [3.63, 3.8) is 0 Å². The lowest BCUT2D eigenvalue weighted by molar-refractivity contribution is -0.134. The first-order chi connectivity index (χ1) is 14.0. The van der Waals surface area contributed by atoms with Crippen molar-refractivity contribution in [2.45, 2.75) is 38.7 Å². The molecule has 2 N–H and O–H groups in total. The number of rotatable bonds is 4. The summed E-state index contributed by atoms with van der Waals surface area (Å²) >= 11 is 0. The standard InChI is InChI=1S/C25H25NO3.H2O/c1-17-12-13-19(16-23(17)29-20-10-6-7-11-20)15-22-21(24(27)26(2)25(22)28)14-18-8-4-3-5-9-18;/h3-5,8-9,12-16,20H,6-7,10-11H2,1-2H3;1H2/b21-14+,22-15+;. The molecule has 0 bridgehead atoms. The molecule has 5 heteroatoms. The van der Waals surface area contributed by atoms with Crippen LogP contribution in [0.2, 0.25) is 0 Å². The van der Waals surface area contributed by atoms with E-state index in [2.05, 4.69) is 0 Å². The molecule has 0 radical (unpaired) electrons. The number of imide groups is 1. The monoisotopic (exact) mass is 405 g/mol. The van der Waals surface area contributed by atoms with E-state index in [1.807, 2.05) is 55.5 Å². The molecular formula is C25H27NO4. The molecular weight excluding hydrogens is 378 g/mol. The highest BCUT2D eigenvalue weighted by atomic mass is 16.5. The molecule has 1 heterocycles. The van der Waals surface area contributed by atoms with Gasteiger partial charge in [0.15, 0.2) is 0 Å². The summed E-state index contributed by atoms with van der Waals surface area (Å²) in [6, 6.07) is 15.5. The number of carbonyl (C=O) groups is 2. The molecule has 0 atom stereocenters. The second-order valence-corrected chi connectivity index (χ2v) is 7.75. The highest BCUT2D eigenvalue weighted by Gasteiger charge is 2.36. The number of benzene rings is 2. The van der Waals surface area contributed by atoms with Gasteiger partial charge in [-0.25, -0.2) is 0 Å². The minimum absolute atomic E-state index is 0. The Morgan fingerprint density at radius 1 is 0.900 bits per heavy atom. The second-order valence-electron chi connectivity index (χ2n) is 7.75. The molecule has 5 nitrogen and oxygen atoms in total. The first-order valence-electron chi connectivity index (χ1n) is 10.1. The van der Waals surface area contributed by atoms with Crippen molar-refractivity contribution in [1.29, 1.82) is 0 Å². The van der Waals surface area contributed by atoms with Gasteiger partial charge in [-0.3, -0.25) is 14.5 Å². The molecule has 0 spiro atoms. The number of aryl methyl sites for hydroxylation is 1. The molecule has 0 unspecified atom stereocenters. The van der Waals surface area contributed by atoms with Gasteiger partial charge in [0, 0.05) is 7.05 Å². The van der Waals surface area contributed by atoms with Crippen molar-refractivity contribution < 1.29 is 19.8 Å². The SMILES string of the molecule is Cc1ccc(/C=C2/C(=O)N(C)C(=O)/C2=C/c2ccccc2)cc1OC1CCCC1.O. The van der Waals surface area contributed by atoms with E-state index in [-0.39, 0.29) is 23.4 Å². The normalized spacial score (nSPS) is 19.6. The zero-order valence-corrected chi connectivity index (χ0v) is 17.4. The van der Waals surface area contributed by atoms with Crippen molar-refractivity contribution in [3.05, 3.63) is 76.4 Å². The Labute approximate surface area is 177 Å². The van der Waals surface area contributed by atoms with Gasteiger partial charge in [-0.2, -0.15) is 0 Å². The van der Waals surface area contributed by atoms with Crippen LogP contribution in [0.4, 0.5) is 0 Å². The largest absolute Gasteiger partial charge is 0.490 e. The van der Waals surface area contributed by atoms with Crippen LogP contribution in [0.15, 0.2) is 59.7 Å². The molecule has 2 amide bonds. The third-order valence-electron chi connectivity index (χ3n) is 5.59. The molecule has 2 fully saturated rings. The molecule has 1 saturated carbocycles. The van der Waals surface area contributed by atoms with Crippen LogP contribution in [0.3, 0.4) is 0 Å². The van der Waals surface area contributed by atoms with Crippen LogP contribution < -0.4 is 4.74 Å². The Bertz CT molecular complexity index is 1000. The fraction of sp³-hybridized carbons (Fsp3) is 0.280. The summed E-state index contributed by atoms with van der Waals surface area (Å²) in [5.41, 5.74) is 3.65. The van der Waals surface area contributed by atoms with Crippen LogP contribution >= 0.6 is 0 Å². The summed E-state index contributed by atoms with van der Waals surface area (Å²) in [5, 5.41) is 0. The van der Waals surface area contributed by atoms with Gasteiger partial charge < -0.3 is 10.2 Å². The van der Waals surface area contributed by atoms with Gasteiger partial charge in [0.25, 0.3) is 11.8 Å². The van der Waals surface area contributed by atoms with E-state index >= 15 is 0 Å². The van der Waals surface area contributed by atoms with Crippen LogP contribution in [0, 0.1) is 6.92 Å². The van der Waals surface area contributed by atoms with Gasteiger partial charge in [-0.1, -0.05) is 42.5 Å². The predicted octanol–water partition coefficient (Wildman–Crippen LogP) is 3.96. The van der Waals surface area contributed by atoms with E-state index in [0.29, 0.717) is 11.1 Å². The highest BCUT2D eigenvalue weighted by Crippen LogP contribution is 2.31. The Morgan fingerprint density at radius 3 is 2.13 bits per heavy atom. The summed E-state index contributed by atoms with van der Waals surface area (Å²) in [4.78, 5) is 26.5. The number of nitrogens with zero attached hydrogens (tertiary/aromatic N) is 1. The molecule has 1 aliphatic carbocycles. The Morgan fingerprint density at radius 2 is 1.50 bits per heavy atom. The maximum atomic E-state index is 12.7. The van der Waals surface area contributed by atoms with E-state index in [4.69, 9.17) is 4.74 Å². The van der Waals surface area contributed by atoms with Crippen molar-refractivity contribution in [1.82, 2.24) is 4.90 Å². The van der Waals surface area contributed by atoms with Crippen LogP contribution in [-0.4, -0.2) is 35.3 Å². The van der Waals surface area contributed by atoms with Crippen molar-refractivity contribution in [2.24, 2.45) is 0 Å². The summed E-state index contributed by atoms with van der Waals surface area (Å²) in [7, 11) is 1.52. The predicted molar refractivity (Wildman–Crippen MR) is 118 cm³/mol. The number of hydrogen-bond donors (Lipinski definition) is 0. The highest BCUT2D eigenvalue weighted by molar-refractivity contribution is 6.28. The van der Waals surface area contributed by atoms with Gasteiger partial charge in [-0.05, 0) is 67.5 Å². The first-order valence-corrected chi connectivity index (χ1v) is 10.1. The number of carbonyl (C=O) groups excluding carboxylic acids is 2. The Balaban J connectivity index is 0.00000256. The lowest BCUT2D eigenvalue weighted by Gasteiger charge is -2.15. The van der Waals surface area contributed by atoms with E-state index in [1.165, 1.54) is 24.8 Å². The van der Waals surface area contributed by atoms with E-state index in [1.54, 1.807) is 12.2 Å². The first kappa shape index (κ1) is 21.5. The average Bonchev–Trinajstić information content (AvgIpc) is 3.31. The van der Waals surface area contributed by atoms with Crippen molar-refractivity contribution in [3.8, 4) is 5.75 Å².